The molecule has 0 amide bonds. The van der Waals surface area contributed by atoms with Crippen LogP contribution in [0.1, 0.15) is 25.5 Å². The number of aromatic nitrogens is 2. The second kappa shape index (κ2) is 6.45. The van der Waals surface area contributed by atoms with Crippen molar-refractivity contribution in [3.8, 4) is 0 Å². The Bertz CT molecular complexity index is 240. The fraction of sp³-hybridized carbons (Fsp3) is 0.600. The van der Waals surface area contributed by atoms with E-state index < -0.39 is 0 Å². The van der Waals surface area contributed by atoms with Crippen LogP contribution in [0.5, 0.6) is 0 Å². The minimum absolute atomic E-state index is 0.231. The van der Waals surface area contributed by atoms with Crippen LogP contribution in [0.4, 0.5) is 0 Å². The molecule has 0 aliphatic rings. The first-order valence-electron chi connectivity index (χ1n) is 4.96. The molecule has 0 saturated carbocycles. The Balaban J connectivity index is 2.32. The zero-order valence-corrected chi connectivity index (χ0v) is 8.48. The average Bonchev–Trinajstić information content (AvgIpc) is 2.25. The van der Waals surface area contributed by atoms with Crippen molar-refractivity contribution in [3.05, 3.63) is 24.3 Å². The third kappa shape index (κ3) is 3.81. The zero-order chi connectivity index (χ0) is 10.2. The van der Waals surface area contributed by atoms with Crippen molar-refractivity contribution in [2.24, 2.45) is 0 Å². The van der Waals surface area contributed by atoms with Crippen molar-refractivity contribution >= 4 is 0 Å². The average molecular weight is 195 g/mol. The summed E-state index contributed by atoms with van der Waals surface area (Å²) in [5.74, 6) is 0. The minimum Gasteiger partial charge on any atom is -0.396 e. The summed E-state index contributed by atoms with van der Waals surface area (Å²) in [7, 11) is 0. The lowest BCUT2D eigenvalue weighted by Crippen LogP contribution is -2.29. The van der Waals surface area contributed by atoms with Gasteiger partial charge in [0.2, 0.25) is 0 Å². The van der Waals surface area contributed by atoms with Crippen LogP contribution in [0.15, 0.2) is 18.6 Å². The fourth-order valence-electron chi connectivity index (χ4n) is 1.28. The van der Waals surface area contributed by atoms with Crippen molar-refractivity contribution in [2.45, 2.75) is 32.4 Å². The molecule has 0 radical (unpaired) electrons. The van der Waals surface area contributed by atoms with Crippen LogP contribution < -0.4 is 5.32 Å². The van der Waals surface area contributed by atoms with Gasteiger partial charge in [0, 0.05) is 25.4 Å². The minimum atomic E-state index is 0.231. The number of aliphatic hydroxyl groups excluding tert-OH is 1. The van der Waals surface area contributed by atoms with Crippen molar-refractivity contribution in [3.63, 3.8) is 0 Å². The van der Waals surface area contributed by atoms with E-state index in [-0.39, 0.29) is 6.61 Å². The van der Waals surface area contributed by atoms with E-state index in [2.05, 4.69) is 22.2 Å². The Morgan fingerprint density at radius 3 is 3.00 bits per heavy atom. The molecule has 1 aromatic heterocycles. The lowest BCUT2D eigenvalue weighted by Gasteiger charge is -2.14. The van der Waals surface area contributed by atoms with Crippen LogP contribution in [0.2, 0.25) is 0 Å². The molecule has 0 aliphatic carbocycles. The number of nitrogens with one attached hydrogen (secondary N) is 1. The van der Waals surface area contributed by atoms with Crippen LogP contribution in [0.3, 0.4) is 0 Å². The first-order chi connectivity index (χ1) is 6.86. The predicted octanol–water partition coefficient (Wildman–Crippen LogP) is 0.727. The van der Waals surface area contributed by atoms with E-state index >= 15 is 0 Å². The summed E-state index contributed by atoms with van der Waals surface area (Å²) in [4.78, 5) is 7.96. The summed E-state index contributed by atoms with van der Waals surface area (Å²) in [5, 5.41) is 12.1. The molecular formula is C10H17N3O. The number of aliphatic hydroxyl groups is 1. The largest absolute Gasteiger partial charge is 0.396 e. The van der Waals surface area contributed by atoms with Gasteiger partial charge in [0.05, 0.1) is 5.69 Å². The van der Waals surface area contributed by atoms with Gasteiger partial charge in [-0.2, -0.15) is 0 Å². The van der Waals surface area contributed by atoms with Gasteiger partial charge in [0.1, 0.15) is 6.33 Å². The summed E-state index contributed by atoms with van der Waals surface area (Å²) >= 11 is 0. The molecule has 0 aromatic carbocycles. The second-order valence-electron chi connectivity index (χ2n) is 3.20. The molecule has 14 heavy (non-hydrogen) atoms. The Morgan fingerprint density at radius 1 is 1.57 bits per heavy atom. The van der Waals surface area contributed by atoms with Crippen LogP contribution in [-0.2, 0) is 6.54 Å². The Morgan fingerprint density at radius 2 is 2.43 bits per heavy atom. The van der Waals surface area contributed by atoms with Gasteiger partial charge in [-0.15, -0.1) is 0 Å². The molecule has 1 atom stereocenters. The first kappa shape index (κ1) is 11.1. The topological polar surface area (TPSA) is 58.0 Å². The predicted molar refractivity (Wildman–Crippen MR) is 54.7 cm³/mol. The van der Waals surface area contributed by atoms with Gasteiger partial charge in [0.15, 0.2) is 0 Å². The molecule has 0 fully saturated rings. The number of rotatable bonds is 6. The number of hydrogen-bond donors (Lipinski definition) is 2. The lowest BCUT2D eigenvalue weighted by atomic mass is 10.1. The zero-order valence-electron chi connectivity index (χ0n) is 8.48. The second-order valence-corrected chi connectivity index (χ2v) is 3.20. The maximum atomic E-state index is 8.80. The van der Waals surface area contributed by atoms with E-state index in [1.807, 2.05) is 6.07 Å². The monoisotopic (exact) mass is 195 g/mol. The van der Waals surface area contributed by atoms with Gasteiger partial charge in [-0.3, -0.25) is 0 Å². The van der Waals surface area contributed by atoms with Gasteiger partial charge in [-0.1, -0.05) is 6.92 Å². The highest BCUT2D eigenvalue weighted by Gasteiger charge is 2.04. The van der Waals surface area contributed by atoms with Gasteiger partial charge in [-0.05, 0) is 18.9 Å². The highest BCUT2D eigenvalue weighted by Crippen LogP contribution is 1.98. The highest BCUT2D eigenvalue weighted by atomic mass is 16.3. The van der Waals surface area contributed by atoms with E-state index in [0.717, 1.165) is 25.1 Å². The molecule has 0 spiro atoms. The van der Waals surface area contributed by atoms with Crippen molar-refractivity contribution in [1.82, 2.24) is 15.3 Å². The maximum absolute atomic E-state index is 8.80. The smallest absolute Gasteiger partial charge is 0.115 e. The molecule has 0 saturated heterocycles. The Labute approximate surface area is 84.4 Å². The summed E-state index contributed by atoms with van der Waals surface area (Å²) in [6, 6.07) is 2.26. The molecule has 0 bridgehead atoms. The Hall–Kier alpha value is -1.00. The van der Waals surface area contributed by atoms with Crippen LogP contribution in [-0.4, -0.2) is 27.7 Å². The van der Waals surface area contributed by atoms with Crippen molar-refractivity contribution in [2.75, 3.05) is 6.61 Å². The molecule has 4 nitrogen and oxygen atoms in total. The summed E-state index contributed by atoms with van der Waals surface area (Å²) in [6.07, 6.45) is 5.09. The van der Waals surface area contributed by atoms with Gasteiger partial charge >= 0.3 is 0 Å². The van der Waals surface area contributed by atoms with Crippen molar-refractivity contribution in [1.29, 1.82) is 0 Å². The maximum Gasteiger partial charge on any atom is 0.115 e. The van der Waals surface area contributed by atoms with E-state index in [1.54, 1.807) is 12.5 Å². The van der Waals surface area contributed by atoms with Gasteiger partial charge in [-0.25, -0.2) is 9.97 Å². The molecule has 78 valence electrons. The quantitative estimate of drug-likeness (QED) is 0.702. The third-order valence-corrected chi connectivity index (χ3v) is 2.19. The Kier molecular flexibility index (Phi) is 5.11. The molecule has 2 N–H and O–H groups in total. The third-order valence-electron chi connectivity index (χ3n) is 2.19. The number of nitrogens with zero attached hydrogens (tertiary/aromatic N) is 2. The number of hydrogen-bond acceptors (Lipinski definition) is 4. The lowest BCUT2D eigenvalue weighted by molar-refractivity contribution is 0.261. The molecule has 0 aliphatic heterocycles. The van der Waals surface area contributed by atoms with Crippen molar-refractivity contribution < 1.29 is 5.11 Å². The SMILES string of the molecule is CCC(CCO)NCc1ccncn1. The van der Waals surface area contributed by atoms with E-state index in [0.29, 0.717) is 6.04 Å². The van der Waals surface area contributed by atoms with Crippen LogP contribution in [0, 0.1) is 0 Å². The molecular weight excluding hydrogens is 178 g/mol. The van der Waals surface area contributed by atoms with Gasteiger partial charge in [0.25, 0.3) is 0 Å². The molecule has 4 heteroatoms. The first-order valence-corrected chi connectivity index (χ1v) is 4.96. The van der Waals surface area contributed by atoms with E-state index in [4.69, 9.17) is 5.11 Å². The van der Waals surface area contributed by atoms with Gasteiger partial charge < -0.3 is 10.4 Å². The summed E-state index contributed by atoms with van der Waals surface area (Å²) in [6.45, 7) is 3.07. The van der Waals surface area contributed by atoms with E-state index in [1.165, 1.54) is 0 Å². The van der Waals surface area contributed by atoms with Crippen LogP contribution >= 0.6 is 0 Å². The fourth-order valence-corrected chi connectivity index (χ4v) is 1.28. The molecule has 1 unspecified atom stereocenters. The van der Waals surface area contributed by atoms with E-state index in [9.17, 15) is 0 Å². The highest BCUT2D eigenvalue weighted by molar-refractivity contribution is 4.97. The molecule has 1 rings (SSSR count). The standard InChI is InChI=1S/C10H17N3O/c1-2-9(4-6-14)12-7-10-3-5-11-8-13-10/h3,5,8-9,12,14H,2,4,6-7H2,1H3. The molecule has 1 aromatic rings. The normalized spacial score (nSPS) is 12.7. The summed E-state index contributed by atoms with van der Waals surface area (Å²) < 4.78 is 0. The van der Waals surface area contributed by atoms with Crippen LogP contribution in [0.25, 0.3) is 0 Å². The summed E-state index contributed by atoms with van der Waals surface area (Å²) in [5.41, 5.74) is 0.983. The molecule has 1 heterocycles.